The van der Waals surface area contributed by atoms with E-state index >= 15 is 0 Å². The van der Waals surface area contributed by atoms with Crippen molar-refractivity contribution in [2.45, 2.75) is 13.3 Å². The summed E-state index contributed by atoms with van der Waals surface area (Å²) >= 11 is 9.55. The molecule has 1 aliphatic heterocycles. The Bertz CT molecular complexity index is 1210. The van der Waals surface area contributed by atoms with Crippen molar-refractivity contribution >= 4 is 56.6 Å². The van der Waals surface area contributed by atoms with E-state index in [0.29, 0.717) is 33.8 Å². The summed E-state index contributed by atoms with van der Waals surface area (Å²) in [4.78, 5) is 40.9. The zero-order chi connectivity index (χ0) is 22.3. The molecule has 2 bridgehead atoms. The lowest BCUT2D eigenvalue weighted by Crippen LogP contribution is -2.40. The number of hydrogen-bond donors (Lipinski definition) is 1. The van der Waals surface area contributed by atoms with Crippen molar-refractivity contribution in [1.82, 2.24) is 0 Å². The van der Waals surface area contributed by atoms with Gasteiger partial charge in [0.2, 0.25) is 11.8 Å². The Hall–Kier alpha value is -2.44. The Morgan fingerprint density at radius 1 is 1.06 bits per heavy atom. The first-order valence-corrected chi connectivity index (χ1v) is 12.0. The molecule has 5 aliphatic rings. The van der Waals surface area contributed by atoms with Gasteiger partial charge in [-0.2, -0.15) is 0 Å². The van der Waals surface area contributed by atoms with Crippen LogP contribution in [0.5, 0.6) is 0 Å². The van der Waals surface area contributed by atoms with Gasteiger partial charge in [0.15, 0.2) is 0 Å². The van der Waals surface area contributed by atoms with Crippen LogP contribution in [0.3, 0.4) is 0 Å². The van der Waals surface area contributed by atoms with Gasteiger partial charge in [-0.15, -0.1) is 0 Å². The first-order valence-electron chi connectivity index (χ1n) is 10.8. The second kappa shape index (κ2) is 7.03. The first-order chi connectivity index (χ1) is 15.3. The summed E-state index contributed by atoms with van der Waals surface area (Å²) in [5.74, 6) is 0.365. The number of halogens is 2. The third-order valence-electron chi connectivity index (χ3n) is 7.54. The van der Waals surface area contributed by atoms with Crippen LogP contribution in [0, 0.1) is 42.4 Å². The van der Waals surface area contributed by atoms with Gasteiger partial charge in [0.1, 0.15) is 0 Å². The minimum absolute atomic E-state index is 0.127. The van der Waals surface area contributed by atoms with E-state index in [-0.39, 0.29) is 41.4 Å². The molecule has 2 saturated carbocycles. The molecule has 5 nitrogen and oxygen atoms in total. The molecule has 1 N–H and O–H groups in total. The van der Waals surface area contributed by atoms with Crippen LogP contribution in [0.1, 0.15) is 22.3 Å². The molecule has 1 heterocycles. The number of amides is 3. The Morgan fingerprint density at radius 2 is 1.72 bits per heavy atom. The SMILES string of the molecule is Cc1cc(Br)c(Cl)cc1NC(=O)c1cccc(N2C(=O)C3C4C=CC(C5CC45)C3C2=O)c1. The lowest BCUT2D eigenvalue weighted by molar-refractivity contribution is -0.124. The van der Waals surface area contributed by atoms with E-state index in [1.54, 1.807) is 30.3 Å². The van der Waals surface area contributed by atoms with Crippen molar-refractivity contribution in [3.05, 3.63) is 69.2 Å². The number of allylic oxidation sites excluding steroid dienone is 2. The molecular weight excluding hydrogens is 492 g/mol. The van der Waals surface area contributed by atoms with Crippen LogP contribution in [0.25, 0.3) is 0 Å². The van der Waals surface area contributed by atoms with Crippen molar-refractivity contribution in [3.8, 4) is 0 Å². The minimum atomic E-state index is -0.326. The van der Waals surface area contributed by atoms with Crippen molar-refractivity contribution in [2.75, 3.05) is 10.2 Å². The summed E-state index contributed by atoms with van der Waals surface area (Å²) in [6.07, 6.45) is 5.44. The van der Waals surface area contributed by atoms with Crippen LogP contribution in [-0.2, 0) is 9.59 Å². The number of imide groups is 1. The zero-order valence-electron chi connectivity index (χ0n) is 17.2. The lowest BCUT2D eigenvalue weighted by atomic mass is 9.63. The number of anilines is 2. The number of carbonyl (C=O) groups excluding carboxylic acids is 3. The van der Waals surface area contributed by atoms with E-state index in [9.17, 15) is 14.4 Å². The average molecular weight is 512 g/mol. The molecule has 162 valence electrons. The topological polar surface area (TPSA) is 66.5 Å². The van der Waals surface area contributed by atoms with Gasteiger partial charge in [-0.1, -0.05) is 29.8 Å². The molecule has 3 fully saturated rings. The van der Waals surface area contributed by atoms with Crippen LogP contribution in [0.2, 0.25) is 5.02 Å². The lowest BCUT2D eigenvalue weighted by Gasteiger charge is -2.37. The molecule has 0 aromatic heterocycles. The summed E-state index contributed by atoms with van der Waals surface area (Å²) in [6.45, 7) is 1.88. The fourth-order valence-electron chi connectivity index (χ4n) is 5.97. The van der Waals surface area contributed by atoms with Gasteiger partial charge in [0, 0.05) is 15.7 Å². The van der Waals surface area contributed by atoms with Crippen molar-refractivity contribution < 1.29 is 14.4 Å². The number of nitrogens with one attached hydrogen (secondary N) is 1. The molecule has 1 saturated heterocycles. The number of rotatable bonds is 3. The number of nitrogens with zero attached hydrogens (tertiary/aromatic N) is 1. The molecule has 3 amide bonds. The number of carbonyl (C=O) groups is 3. The highest BCUT2D eigenvalue weighted by molar-refractivity contribution is 9.10. The molecule has 0 radical (unpaired) electrons. The van der Waals surface area contributed by atoms with Crippen LogP contribution in [0.15, 0.2) is 53.0 Å². The van der Waals surface area contributed by atoms with Crippen molar-refractivity contribution in [2.24, 2.45) is 35.5 Å². The maximum Gasteiger partial charge on any atom is 0.255 e. The number of benzene rings is 2. The Balaban J connectivity index is 1.28. The van der Waals surface area contributed by atoms with Gasteiger partial charge in [0.05, 0.1) is 22.5 Å². The van der Waals surface area contributed by atoms with E-state index in [4.69, 9.17) is 11.6 Å². The molecule has 32 heavy (non-hydrogen) atoms. The van der Waals surface area contributed by atoms with Crippen LogP contribution >= 0.6 is 27.5 Å². The highest BCUT2D eigenvalue weighted by Crippen LogP contribution is 2.65. The molecule has 7 heteroatoms. The quantitative estimate of drug-likeness (QED) is 0.454. The predicted molar refractivity (Wildman–Crippen MR) is 125 cm³/mol. The van der Waals surface area contributed by atoms with E-state index in [0.717, 1.165) is 16.5 Å². The molecular formula is C25H20BrClN2O3. The highest BCUT2D eigenvalue weighted by atomic mass is 79.9. The number of aryl methyl sites for hydroxylation is 1. The summed E-state index contributed by atoms with van der Waals surface area (Å²) in [6, 6.07) is 10.3. The fraction of sp³-hybridized carbons (Fsp3) is 0.320. The van der Waals surface area contributed by atoms with Crippen LogP contribution in [-0.4, -0.2) is 17.7 Å². The normalized spacial score (nSPS) is 31.5. The molecule has 4 aliphatic carbocycles. The summed E-state index contributed by atoms with van der Waals surface area (Å²) in [5.41, 5.74) is 2.30. The van der Waals surface area contributed by atoms with E-state index < -0.39 is 0 Å². The molecule has 7 rings (SSSR count). The van der Waals surface area contributed by atoms with Gasteiger partial charge in [-0.25, -0.2) is 4.90 Å². The van der Waals surface area contributed by atoms with Crippen LogP contribution < -0.4 is 10.2 Å². The second-order valence-corrected chi connectivity index (χ2v) is 10.5. The summed E-state index contributed by atoms with van der Waals surface area (Å²) in [7, 11) is 0. The molecule has 0 spiro atoms. The predicted octanol–water partition coefficient (Wildman–Crippen LogP) is 5.22. The third kappa shape index (κ3) is 2.85. The summed E-state index contributed by atoms with van der Waals surface area (Å²) in [5, 5.41) is 3.37. The van der Waals surface area contributed by atoms with E-state index in [1.165, 1.54) is 4.90 Å². The van der Waals surface area contributed by atoms with Crippen LogP contribution in [0.4, 0.5) is 11.4 Å². The Kier molecular flexibility index (Phi) is 4.43. The zero-order valence-corrected chi connectivity index (χ0v) is 19.6. The number of hydrogen-bond acceptors (Lipinski definition) is 3. The molecule has 2 aromatic carbocycles. The molecule has 6 unspecified atom stereocenters. The third-order valence-corrected chi connectivity index (χ3v) is 8.74. The Labute approximate surface area is 198 Å². The minimum Gasteiger partial charge on any atom is -0.322 e. The van der Waals surface area contributed by atoms with Gasteiger partial charge in [0.25, 0.3) is 5.91 Å². The van der Waals surface area contributed by atoms with Gasteiger partial charge in [-0.05, 0) is 88.8 Å². The Morgan fingerprint density at radius 3 is 2.38 bits per heavy atom. The maximum atomic E-state index is 13.3. The monoisotopic (exact) mass is 510 g/mol. The fourth-order valence-corrected chi connectivity index (χ4v) is 6.59. The first kappa shape index (κ1) is 20.2. The van der Waals surface area contributed by atoms with Gasteiger partial charge < -0.3 is 5.32 Å². The second-order valence-electron chi connectivity index (χ2n) is 9.25. The average Bonchev–Trinajstić information content (AvgIpc) is 3.55. The largest absolute Gasteiger partial charge is 0.322 e. The molecule has 6 atom stereocenters. The standard InChI is InChI=1S/C25H20BrClN2O3/c1-11-7-18(26)19(27)10-20(11)28-23(30)12-3-2-4-13(8-12)29-24(31)21-14-5-6-15(17-9-16(14)17)22(21)25(29)32/h2-8,10,14-17,21-22H,9H2,1H3,(H,28,30). The highest BCUT2D eigenvalue weighted by Gasteiger charge is 2.67. The van der Waals surface area contributed by atoms with Crippen molar-refractivity contribution in [3.63, 3.8) is 0 Å². The smallest absolute Gasteiger partial charge is 0.255 e. The van der Waals surface area contributed by atoms with E-state index in [1.807, 2.05) is 13.0 Å². The summed E-state index contributed by atoms with van der Waals surface area (Å²) < 4.78 is 0.755. The van der Waals surface area contributed by atoms with E-state index in [2.05, 4.69) is 33.4 Å². The molecule has 2 aromatic rings. The van der Waals surface area contributed by atoms with Crippen molar-refractivity contribution in [1.29, 1.82) is 0 Å². The van der Waals surface area contributed by atoms with Gasteiger partial charge in [-0.3, -0.25) is 14.4 Å². The maximum absolute atomic E-state index is 13.3. The van der Waals surface area contributed by atoms with Gasteiger partial charge >= 0.3 is 0 Å².